The molecule has 0 aromatic heterocycles. The molecule has 4 rings (SSSR count). The maximum absolute atomic E-state index is 6.28. The van der Waals surface area contributed by atoms with Gasteiger partial charge in [-0.1, -0.05) is 30.3 Å². The molecule has 0 saturated carbocycles. The summed E-state index contributed by atoms with van der Waals surface area (Å²) in [6, 6.07) is 9.89. The van der Waals surface area contributed by atoms with Gasteiger partial charge in [-0.3, -0.25) is 0 Å². The van der Waals surface area contributed by atoms with Crippen LogP contribution in [0.4, 0.5) is 0 Å². The molecule has 168 valence electrons. The Morgan fingerprint density at radius 1 is 0.867 bits per heavy atom. The normalized spacial score (nSPS) is 34.6. The Labute approximate surface area is 177 Å². The molecule has 0 spiro atoms. The van der Waals surface area contributed by atoms with Gasteiger partial charge in [-0.05, 0) is 33.2 Å². The molecule has 2 N–H and O–H groups in total. The number of fused-ring (bicyclic) bond motifs is 3. The van der Waals surface area contributed by atoms with E-state index in [0.717, 1.165) is 18.4 Å². The van der Waals surface area contributed by atoms with Crippen LogP contribution in [0.25, 0.3) is 0 Å². The third kappa shape index (κ3) is 5.20. The molecular formula is C22H33NO7. The Bertz CT molecular complexity index is 658. The molecule has 1 aromatic carbocycles. The summed E-state index contributed by atoms with van der Waals surface area (Å²) in [5.74, 6) is -0.694. The SMILES string of the molecule is CC1(C)OC2C3OC(c4ccccc4)OC(COCCCOCCCN)[C@H]3O[C@@H]2O1. The first-order chi connectivity index (χ1) is 14.6. The standard InChI is InChI=1S/C22H33NO7/c1-22(2)29-19-18-17(27-21(19)30-22)16(14-25-13-7-12-24-11-6-10-23)26-20(28-18)15-8-4-3-5-9-15/h3-5,8-9,16-21H,6-7,10-14,23H2,1-2H3/t16?,17-,18?,19?,20?,21-/m1/s1. The van der Waals surface area contributed by atoms with Crippen LogP contribution in [0.15, 0.2) is 30.3 Å². The second kappa shape index (κ2) is 10.0. The second-order valence-corrected chi connectivity index (χ2v) is 8.27. The average Bonchev–Trinajstić information content (AvgIpc) is 3.22. The maximum atomic E-state index is 6.28. The molecule has 6 atom stereocenters. The van der Waals surface area contributed by atoms with Gasteiger partial charge in [-0.2, -0.15) is 0 Å². The van der Waals surface area contributed by atoms with Crippen molar-refractivity contribution < 1.29 is 33.2 Å². The molecule has 0 bridgehead atoms. The fraction of sp³-hybridized carbons (Fsp3) is 0.727. The third-order valence-electron chi connectivity index (χ3n) is 5.40. The van der Waals surface area contributed by atoms with Crippen molar-refractivity contribution >= 4 is 0 Å². The first-order valence-corrected chi connectivity index (χ1v) is 10.8. The van der Waals surface area contributed by atoms with Gasteiger partial charge in [0, 0.05) is 25.4 Å². The van der Waals surface area contributed by atoms with Crippen molar-refractivity contribution in [2.45, 2.75) is 69.5 Å². The number of hydrogen-bond donors (Lipinski definition) is 1. The van der Waals surface area contributed by atoms with E-state index in [1.165, 1.54) is 0 Å². The van der Waals surface area contributed by atoms with Gasteiger partial charge in [0.05, 0.1) is 6.61 Å². The zero-order valence-corrected chi connectivity index (χ0v) is 17.7. The lowest BCUT2D eigenvalue weighted by atomic mass is 10.0. The van der Waals surface area contributed by atoms with E-state index in [1.54, 1.807) is 0 Å². The zero-order valence-electron chi connectivity index (χ0n) is 17.7. The monoisotopic (exact) mass is 423 g/mol. The highest BCUT2D eigenvalue weighted by molar-refractivity contribution is 5.17. The number of benzene rings is 1. The van der Waals surface area contributed by atoms with E-state index in [0.29, 0.717) is 33.0 Å². The summed E-state index contributed by atoms with van der Waals surface area (Å²) in [5.41, 5.74) is 6.41. The summed E-state index contributed by atoms with van der Waals surface area (Å²) in [6.07, 6.45) is -0.452. The van der Waals surface area contributed by atoms with Crippen LogP contribution in [0.3, 0.4) is 0 Å². The van der Waals surface area contributed by atoms with Crippen molar-refractivity contribution in [1.29, 1.82) is 0 Å². The van der Waals surface area contributed by atoms with Crippen LogP contribution in [0.5, 0.6) is 0 Å². The van der Waals surface area contributed by atoms with Crippen molar-refractivity contribution in [1.82, 2.24) is 0 Å². The van der Waals surface area contributed by atoms with Crippen LogP contribution in [0, 0.1) is 0 Å². The van der Waals surface area contributed by atoms with E-state index >= 15 is 0 Å². The fourth-order valence-electron chi connectivity index (χ4n) is 4.02. The number of ether oxygens (including phenoxy) is 7. The molecule has 3 heterocycles. The molecule has 3 saturated heterocycles. The highest BCUT2D eigenvalue weighted by Gasteiger charge is 2.60. The number of rotatable bonds is 10. The van der Waals surface area contributed by atoms with Gasteiger partial charge in [0.1, 0.15) is 24.4 Å². The minimum atomic E-state index is -0.694. The van der Waals surface area contributed by atoms with Crippen molar-refractivity contribution in [3.8, 4) is 0 Å². The molecular weight excluding hydrogens is 390 g/mol. The highest BCUT2D eigenvalue weighted by Crippen LogP contribution is 2.44. The van der Waals surface area contributed by atoms with E-state index in [-0.39, 0.29) is 24.4 Å². The van der Waals surface area contributed by atoms with Gasteiger partial charge in [0.25, 0.3) is 0 Å². The molecule has 0 aliphatic carbocycles. The predicted molar refractivity (Wildman–Crippen MR) is 108 cm³/mol. The number of nitrogens with two attached hydrogens (primary N) is 1. The predicted octanol–water partition coefficient (Wildman–Crippen LogP) is 2.12. The smallest absolute Gasteiger partial charge is 0.190 e. The first-order valence-electron chi connectivity index (χ1n) is 10.8. The van der Waals surface area contributed by atoms with Crippen molar-refractivity contribution in [3.05, 3.63) is 35.9 Å². The molecule has 3 aliphatic rings. The quantitative estimate of drug-likeness (QED) is 0.573. The van der Waals surface area contributed by atoms with Crippen LogP contribution in [-0.2, 0) is 33.2 Å². The van der Waals surface area contributed by atoms with Crippen LogP contribution < -0.4 is 5.73 Å². The van der Waals surface area contributed by atoms with Gasteiger partial charge in [0.2, 0.25) is 0 Å². The summed E-state index contributed by atoms with van der Waals surface area (Å²) >= 11 is 0. The molecule has 8 nitrogen and oxygen atoms in total. The average molecular weight is 424 g/mol. The molecule has 3 fully saturated rings. The Kier molecular flexibility index (Phi) is 7.38. The molecule has 3 aliphatic heterocycles. The molecule has 1 aromatic rings. The van der Waals surface area contributed by atoms with E-state index in [4.69, 9.17) is 38.9 Å². The molecule has 0 amide bonds. The lowest BCUT2D eigenvalue weighted by molar-refractivity contribution is -0.315. The van der Waals surface area contributed by atoms with Gasteiger partial charge in [-0.25, -0.2) is 0 Å². The molecule has 0 radical (unpaired) electrons. The highest BCUT2D eigenvalue weighted by atomic mass is 16.9. The van der Waals surface area contributed by atoms with Crippen molar-refractivity contribution in [2.24, 2.45) is 5.73 Å². The van der Waals surface area contributed by atoms with Crippen LogP contribution >= 0.6 is 0 Å². The minimum absolute atomic E-state index is 0.284. The largest absolute Gasteiger partial charge is 0.381 e. The summed E-state index contributed by atoms with van der Waals surface area (Å²) in [7, 11) is 0. The second-order valence-electron chi connectivity index (χ2n) is 8.27. The van der Waals surface area contributed by atoms with Gasteiger partial charge >= 0.3 is 0 Å². The Morgan fingerprint density at radius 2 is 1.63 bits per heavy atom. The first kappa shape index (κ1) is 22.1. The van der Waals surface area contributed by atoms with Crippen LogP contribution in [-0.4, -0.2) is 69.5 Å². The van der Waals surface area contributed by atoms with Crippen molar-refractivity contribution in [2.75, 3.05) is 33.0 Å². The number of hydrogen-bond acceptors (Lipinski definition) is 8. The summed E-state index contributed by atoms with van der Waals surface area (Å²) < 4.78 is 42.0. The molecule has 30 heavy (non-hydrogen) atoms. The minimum Gasteiger partial charge on any atom is -0.381 e. The van der Waals surface area contributed by atoms with E-state index in [1.807, 2.05) is 44.2 Å². The van der Waals surface area contributed by atoms with Crippen LogP contribution in [0.2, 0.25) is 0 Å². The van der Waals surface area contributed by atoms with Gasteiger partial charge < -0.3 is 38.9 Å². The Morgan fingerprint density at radius 3 is 2.43 bits per heavy atom. The van der Waals surface area contributed by atoms with Gasteiger partial charge in [-0.15, -0.1) is 0 Å². The zero-order chi connectivity index (χ0) is 21.0. The maximum Gasteiger partial charge on any atom is 0.190 e. The summed E-state index contributed by atoms with van der Waals surface area (Å²) in [4.78, 5) is 0. The van der Waals surface area contributed by atoms with E-state index in [9.17, 15) is 0 Å². The molecule has 8 heteroatoms. The van der Waals surface area contributed by atoms with E-state index < -0.39 is 18.4 Å². The Hall–Kier alpha value is -1.10. The van der Waals surface area contributed by atoms with Crippen molar-refractivity contribution in [3.63, 3.8) is 0 Å². The molecule has 4 unspecified atom stereocenters. The third-order valence-corrected chi connectivity index (χ3v) is 5.40. The lowest BCUT2D eigenvalue weighted by Crippen LogP contribution is -2.51. The Balaban J connectivity index is 1.34. The van der Waals surface area contributed by atoms with E-state index in [2.05, 4.69) is 0 Å². The lowest BCUT2D eigenvalue weighted by Gasteiger charge is -2.39. The summed E-state index contributed by atoms with van der Waals surface area (Å²) in [5, 5.41) is 0. The fourth-order valence-corrected chi connectivity index (χ4v) is 4.02. The van der Waals surface area contributed by atoms with Crippen LogP contribution in [0.1, 0.15) is 38.5 Å². The summed E-state index contributed by atoms with van der Waals surface area (Å²) in [6.45, 7) is 6.75. The topological polar surface area (TPSA) is 90.6 Å². The van der Waals surface area contributed by atoms with Gasteiger partial charge in [0.15, 0.2) is 18.4 Å².